The van der Waals surface area contributed by atoms with Crippen molar-refractivity contribution in [1.82, 2.24) is 0 Å². The molecule has 0 heterocycles. The maximum atomic E-state index is 12.4. The van der Waals surface area contributed by atoms with Crippen molar-refractivity contribution < 1.29 is 13.2 Å². The molecular weight excluding hydrogens is 271 g/mol. The molecule has 0 saturated carbocycles. The van der Waals surface area contributed by atoms with Crippen molar-refractivity contribution in [3.05, 3.63) is 53.6 Å². The van der Waals surface area contributed by atoms with Gasteiger partial charge in [-0.1, -0.05) is 11.8 Å². The second-order valence-electron chi connectivity index (χ2n) is 4.15. The van der Waals surface area contributed by atoms with E-state index in [1.165, 1.54) is 23.9 Å². The van der Waals surface area contributed by atoms with Crippen LogP contribution in [0.4, 0.5) is 18.9 Å². The van der Waals surface area contributed by atoms with Gasteiger partial charge in [-0.15, -0.1) is 0 Å². The van der Waals surface area contributed by atoms with Gasteiger partial charge in [-0.05, 0) is 55.0 Å². The second kappa shape index (κ2) is 5.17. The first kappa shape index (κ1) is 13.8. The average Bonchev–Trinajstić information content (AvgIpc) is 2.32. The summed E-state index contributed by atoms with van der Waals surface area (Å²) in [6, 6.07) is 10.6. The van der Waals surface area contributed by atoms with Gasteiger partial charge in [-0.25, -0.2) is 0 Å². The molecule has 1 nitrogen and oxygen atoms in total. The molecule has 0 atom stereocenters. The van der Waals surface area contributed by atoms with Gasteiger partial charge in [-0.2, -0.15) is 13.2 Å². The Morgan fingerprint density at radius 1 is 1.00 bits per heavy atom. The highest BCUT2D eigenvalue weighted by Crippen LogP contribution is 2.34. The van der Waals surface area contributed by atoms with Crippen LogP contribution in [0.25, 0.3) is 0 Å². The van der Waals surface area contributed by atoms with Crippen molar-refractivity contribution in [2.75, 3.05) is 5.73 Å². The molecule has 0 amide bonds. The molecule has 0 aromatic heterocycles. The van der Waals surface area contributed by atoms with E-state index in [1.54, 1.807) is 6.07 Å². The van der Waals surface area contributed by atoms with Crippen molar-refractivity contribution in [2.24, 2.45) is 0 Å². The molecular formula is C14H12F3NS. The maximum Gasteiger partial charge on any atom is 0.416 e. The SMILES string of the molecule is Cc1cc(N)ccc1Sc1ccc(C(F)(F)F)cc1. The number of benzene rings is 2. The summed E-state index contributed by atoms with van der Waals surface area (Å²) in [5.74, 6) is 0. The molecule has 19 heavy (non-hydrogen) atoms. The van der Waals surface area contributed by atoms with Crippen LogP contribution in [0.15, 0.2) is 52.3 Å². The van der Waals surface area contributed by atoms with Crippen molar-refractivity contribution in [1.29, 1.82) is 0 Å². The number of nitrogen functional groups attached to an aromatic ring is 1. The van der Waals surface area contributed by atoms with Crippen LogP contribution >= 0.6 is 11.8 Å². The fourth-order valence-corrected chi connectivity index (χ4v) is 2.51. The largest absolute Gasteiger partial charge is 0.416 e. The average molecular weight is 283 g/mol. The lowest BCUT2D eigenvalue weighted by Gasteiger charge is -2.09. The lowest BCUT2D eigenvalue weighted by molar-refractivity contribution is -0.137. The van der Waals surface area contributed by atoms with Gasteiger partial charge in [-0.3, -0.25) is 0 Å². The minimum Gasteiger partial charge on any atom is -0.399 e. The minimum atomic E-state index is -4.29. The van der Waals surface area contributed by atoms with E-state index in [9.17, 15) is 13.2 Å². The van der Waals surface area contributed by atoms with Crippen molar-refractivity contribution in [2.45, 2.75) is 22.9 Å². The highest BCUT2D eigenvalue weighted by Gasteiger charge is 2.29. The molecule has 2 rings (SSSR count). The number of alkyl halides is 3. The van der Waals surface area contributed by atoms with Crippen LogP contribution in [-0.4, -0.2) is 0 Å². The molecule has 2 N–H and O–H groups in total. The Kier molecular flexibility index (Phi) is 3.75. The Balaban J connectivity index is 2.20. The fourth-order valence-electron chi connectivity index (χ4n) is 1.63. The van der Waals surface area contributed by atoms with Crippen LogP contribution in [-0.2, 0) is 6.18 Å². The van der Waals surface area contributed by atoms with E-state index in [0.717, 1.165) is 27.5 Å². The summed E-state index contributed by atoms with van der Waals surface area (Å²) in [6.45, 7) is 1.92. The number of halogens is 3. The van der Waals surface area contributed by atoms with Crippen LogP contribution in [0.3, 0.4) is 0 Å². The quantitative estimate of drug-likeness (QED) is 0.805. The van der Waals surface area contributed by atoms with Gasteiger partial charge in [0, 0.05) is 15.5 Å². The van der Waals surface area contributed by atoms with Crippen molar-refractivity contribution >= 4 is 17.4 Å². The van der Waals surface area contributed by atoms with E-state index in [4.69, 9.17) is 5.73 Å². The minimum absolute atomic E-state index is 0.633. The van der Waals surface area contributed by atoms with Gasteiger partial charge in [0.1, 0.15) is 0 Å². The molecule has 0 aliphatic rings. The standard InChI is InChI=1S/C14H12F3NS/c1-9-8-11(18)4-7-13(9)19-12-5-2-10(3-6-12)14(15,16)17/h2-8H,18H2,1H3. The normalized spacial score (nSPS) is 11.6. The van der Waals surface area contributed by atoms with Gasteiger partial charge < -0.3 is 5.73 Å². The summed E-state index contributed by atoms with van der Waals surface area (Å²) in [4.78, 5) is 1.75. The summed E-state index contributed by atoms with van der Waals surface area (Å²) < 4.78 is 37.3. The predicted octanol–water partition coefficient (Wildman–Crippen LogP) is 4.75. The van der Waals surface area contributed by atoms with Crippen LogP contribution in [0.1, 0.15) is 11.1 Å². The molecule has 0 saturated heterocycles. The van der Waals surface area contributed by atoms with Crippen LogP contribution in [0.5, 0.6) is 0 Å². The van der Waals surface area contributed by atoms with E-state index < -0.39 is 11.7 Å². The van der Waals surface area contributed by atoms with Crippen LogP contribution in [0, 0.1) is 6.92 Å². The van der Waals surface area contributed by atoms with E-state index in [0.29, 0.717) is 5.69 Å². The molecule has 2 aromatic carbocycles. The summed E-state index contributed by atoms with van der Waals surface area (Å²) in [5, 5.41) is 0. The monoisotopic (exact) mass is 283 g/mol. The predicted molar refractivity (Wildman–Crippen MR) is 71.2 cm³/mol. The van der Waals surface area contributed by atoms with E-state index in [1.807, 2.05) is 19.1 Å². The van der Waals surface area contributed by atoms with E-state index in [-0.39, 0.29) is 0 Å². The molecule has 2 aromatic rings. The number of rotatable bonds is 2. The van der Waals surface area contributed by atoms with Gasteiger partial charge in [0.15, 0.2) is 0 Å². The first-order chi connectivity index (χ1) is 8.86. The zero-order chi connectivity index (χ0) is 14.0. The number of nitrogens with two attached hydrogens (primary N) is 1. The molecule has 5 heteroatoms. The molecule has 0 radical (unpaired) electrons. The van der Waals surface area contributed by atoms with Gasteiger partial charge >= 0.3 is 6.18 Å². The third-order valence-corrected chi connectivity index (χ3v) is 3.79. The number of hydrogen-bond acceptors (Lipinski definition) is 2. The lowest BCUT2D eigenvalue weighted by atomic mass is 10.2. The summed E-state index contributed by atoms with van der Waals surface area (Å²) in [5.41, 5.74) is 6.70. The smallest absolute Gasteiger partial charge is 0.399 e. The fraction of sp³-hybridized carbons (Fsp3) is 0.143. The van der Waals surface area contributed by atoms with Crippen LogP contribution in [0.2, 0.25) is 0 Å². The molecule has 0 spiro atoms. The van der Waals surface area contributed by atoms with E-state index in [2.05, 4.69) is 0 Å². The first-order valence-corrected chi connectivity index (χ1v) is 6.39. The Labute approximate surface area is 113 Å². The number of hydrogen-bond donors (Lipinski definition) is 1. The second-order valence-corrected chi connectivity index (χ2v) is 5.26. The summed E-state index contributed by atoms with van der Waals surface area (Å²) in [7, 11) is 0. The summed E-state index contributed by atoms with van der Waals surface area (Å²) in [6.07, 6.45) is -4.29. The maximum absolute atomic E-state index is 12.4. The molecule has 0 bridgehead atoms. The highest BCUT2D eigenvalue weighted by atomic mass is 32.2. The zero-order valence-electron chi connectivity index (χ0n) is 10.2. The number of anilines is 1. The Morgan fingerprint density at radius 3 is 2.16 bits per heavy atom. The van der Waals surface area contributed by atoms with Crippen molar-refractivity contribution in [3.63, 3.8) is 0 Å². The topological polar surface area (TPSA) is 26.0 Å². The molecule has 100 valence electrons. The third-order valence-electron chi connectivity index (χ3n) is 2.61. The molecule has 0 unspecified atom stereocenters. The number of aryl methyl sites for hydroxylation is 1. The Hall–Kier alpha value is -1.62. The Bertz CT molecular complexity index is 576. The van der Waals surface area contributed by atoms with E-state index >= 15 is 0 Å². The lowest BCUT2D eigenvalue weighted by Crippen LogP contribution is -2.03. The van der Waals surface area contributed by atoms with Gasteiger partial charge in [0.2, 0.25) is 0 Å². The molecule has 0 fully saturated rings. The third kappa shape index (κ3) is 3.44. The van der Waals surface area contributed by atoms with Crippen LogP contribution < -0.4 is 5.73 Å². The zero-order valence-corrected chi connectivity index (χ0v) is 11.0. The van der Waals surface area contributed by atoms with Gasteiger partial charge in [0.25, 0.3) is 0 Å². The van der Waals surface area contributed by atoms with Crippen molar-refractivity contribution in [3.8, 4) is 0 Å². The first-order valence-electron chi connectivity index (χ1n) is 5.57. The molecule has 0 aliphatic carbocycles. The molecule has 0 aliphatic heterocycles. The summed E-state index contributed by atoms with van der Waals surface area (Å²) >= 11 is 1.42. The van der Waals surface area contributed by atoms with Gasteiger partial charge in [0.05, 0.1) is 5.56 Å². The highest BCUT2D eigenvalue weighted by molar-refractivity contribution is 7.99. The Morgan fingerprint density at radius 2 is 1.63 bits per heavy atom.